The maximum Gasteiger partial charge on any atom is 0.166 e. The molecule has 0 radical (unpaired) electrons. The number of hydrogen-bond acceptors (Lipinski definition) is 2. The molecule has 0 aromatic heterocycles. The predicted molar refractivity (Wildman–Crippen MR) is 63.4 cm³/mol. The number of Topliss-reactive ketones (excluding diaryl/α,β-unsaturated/α-hetero) is 1. The van der Waals surface area contributed by atoms with Gasteiger partial charge in [0.05, 0.1) is 12.9 Å². The molecule has 0 amide bonds. The van der Waals surface area contributed by atoms with Crippen LogP contribution in [0.2, 0.25) is 5.02 Å². The van der Waals surface area contributed by atoms with E-state index < -0.39 is 5.82 Å². The molecule has 0 saturated heterocycles. The molecule has 1 aromatic rings. The van der Waals surface area contributed by atoms with Crippen LogP contribution in [0.5, 0.6) is 0 Å². The zero-order valence-corrected chi connectivity index (χ0v) is 9.97. The van der Waals surface area contributed by atoms with Crippen molar-refractivity contribution in [2.24, 2.45) is 0 Å². The molecule has 0 unspecified atom stereocenters. The minimum absolute atomic E-state index is 0.0155. The highest BCUT2D eigenvalue weighted by molar-refractivity contribution is 6.31. The third-order valence-electron chi connectivity index (χ3n) is 2.66. The Kier molecular flexibility index (Phi) is 3.79. The van der Waals surface area contributed by atoms with E-state index in [4.69, 9.17) is 16.3 Å². The summed E-state index contributed by atoms with van der Waals surface area (Å²) in [5.41, 5.74) is 1.32. The van der Waals surface area contributed by atoms with Gasteiger partial charge < -0.3 is 4.74 Å². The fourth-order valence-corrected chi connectivity index (χ4v) is 1.96. The molecule has 0 N–H and O–H groups in total. The van der Waals surface area contributed by atoms with Crippen LogP contribution in [0.3, 0.4) is 0 Å². The average Bonchev–Trinajstić information content (AvgIpc) is 2.34. The quantitative estimate of drug-likeness (QED) is 0.827. The fourth-order valence-electron chi connectivity index (χ4n) is 1.72. The first-order chi connectivity index (χ1) is 8.16. The number of halogens is 2. The van der Waals surface area contributed by atoms with Crippen LogP contribution in [-0.2, 0) is 16.0 Å². The van der Waals surface area contributed by atoms with E-state index >= 15 is 0 Å². The molecule has 1 aromatic carbocycles. The van der Waals surface area contributed by atoms with Crippen LogP contribution < -0.4 is 0 Å². The van der Waals surface area contributed by atoms with Crippen LogP contribution in [0.15, 0.2) is 30.0 Å². The van der Waals surface area contributed by atoms with E-state index in [9.17, 15) is 9.18 Å². The first-order valence-corrected chi connectivity index (χ1v) is 5.82. The van der Waals surface area contributed by atoms with E-state index in [0.717, 1.165) is 12.8 Å². The van der Waals surface area contributed by atoms with Crippen molar-refractivity contribution in [2.75, 3.05) is 6.61 Å². The molecule has 1 aliphatic heterocycles. The number of hydrogen-bond donors (Lipinski definition) is 0. The van der Waals surface area contributed by atoms with E-state index in [2.05, 4.69) is 0 Å². The van der Waals surface area contributed by atoms with Gasteiger partial charge in [0.2, 0.25) is 0 Å². The van der Waals surface area contributed by atoms with Crippen molar-refractivity contribution >= 4 is 17.4 Å². The lowest BCUT2D eigenvalue weighted by atomic mass is 10.00. The summed E-state index contributed by atoms with van der Waals surface area (Å²) < 4.78 is 18.0. The van der Waals surface area contributed by atoms with Gasteiger partial charge in [0.15, 0.2) is 5.78 Å². The monoisotopic (exact) mass is 254 g/mol. The first kappa shape index (κ1) is 12.1. The number of carbonyl (C=O) groups is 1. The van der Waals surface area contributed by atoms with Crippen molar-refractivity contribution < 1.29 is 13.9 Å². The van der Waals surface area contributed by atoms with Crippen molar-refractivity contribution in [3.63, 3.8) is 0 Å². The highest BCUT2D eigenvalue weighted by Gasteiger charge is 2.15. The van der Waals surface area contributed by atoms with E-state index in [-0.39, 0.29) is 17.2 Å². The Morgan fingerprint density at radius 2 is 2.29 bits per heavy atom. The minimum Gasteiger partial charge on any atom is -0.501 e. The Balaban J connectivity index is 2.10. The zero-order valence-electron chi connectivity index (χ0n) is 9.21. The van der Waals surface area contributed by atoms with Crippen LogP contribution in [0.4, 0.5) is 4.39 Å². The number of ketones is 1. The van der Waals surface area contributed by atoms with Gasteiger partial charge in [-0.05, 0) is 30.5 Å². The Labute approximate surface area is 104 Å². The molecule has 0 atom stereocenters. The van der Waals surface area contributed by atoms with E-state index in [1.54, 1.807) is 6.07 Å². The summed E-state index contributed by atoms with van der Waals surface area (Å²) in [5.74, 6) is -0.412. The Hall–Kier alpha value is -1.35. The second-order valence-corrected chi connectivity index (χ2v) is 4.36. The molecule has 4 heteroatoms. The molecule has 1 aliphatic rings. The SMILES string of the molecule is O=C(Cc1ccc(F)cc1Cl)C1=COCCC1. The van der Waals surface area contributed by atoms with Crippen molar-refractivity contribution in [3.05, 3.63) is 46.4 Å². The fraction of sp³-hybridized carbons (Fsp3) is 0.308. The topological polar surface area (TPSA) is 26.3 Å². The lowest BCUT2D eigenvalue weighted by molar-refractivity contribution is -0.115. The molecule has 0 fully saturated rings. The number of ether oxygens (including phenoxy) is 1. The van der Waals surface area contributed by atoms with Crippen molar-refractivity contribution in [1.29, 1.82) is 0 Å². The number of allylic oxidation sites excluding steroid dienone is 1. The highest BCUT2D eigenvalue weighted by atomic mass is 35.5. The number of carbonyl (C=O) groups excluding carboxylic acids is 1. The van der Waals surface area contributed by atoms with E-state index in [0.29, 0.717) is 17.7 Å². The minimum atomic E-state index is -0.397. The summed E-state index contributed by atoms with van der Waals surface area (Å²) in [7, 11) is 0. The molecule has 1 heterocycles. The average molecular weight is 255 g/mol. The van der Waals surface area contributed by atoms with Gasteiger partial charge in [0, 0.05) is 17.0 Å². The van der Waals surface area contributed by atoms with Gasteiger partial charge >= 0.3 is 0 Å². The Morgan fingerprint density at radius 3 is 2.94 bits per heavy atom. The van der Waals surface area contributed by atoms with Crippen molar-refractivity contribution in [1.82, 2.24) is 0 Å². The molecule has 0 bridgehead atoms. The van der Waals surface area contributed by atoms with Gasteiger partial charge in [-0.1, -0.05) is 17.7 Å². The summed E-state index contributed by atoms with van der Waals surface area (Å²) in [6.07, 6.45) is 3.30. The summed E-state index contributed by atoms with van der Waals surface area (Å²) in [6.45, 7) is 0.661. The van der Waals surface area contributed by atoms with E-state index in [1.807, 2.05) is 0 Å². The summed E-state index contributed by atoms with van der Waals surface area (Å²) in [6, 6.07) is 4.07. The highest BCUT2D eigenvalue weighted by Crippen LogP contribution is 2.21. The Morgan fingerprint density at radius 1 is 1.47 bits per heavy atom. The standard InChI is InChI=1S/C13H12ClFO2/c14-12-7-11(15)4-3-9(12)6-13(16)10-2-1-5-17-8-10/h3-4,7-8H,1-2,5-6H2. The number of benzene rings is 1. The first-order valence-electron chi connectivity index (χ1n) is 5.44. The number of rotatable bonds is 3. The molecule has 17 heavy (non-hydrogen) atoms. The molecule has 0 spiro atoms. The second kappa shape index (κ2) is 5.32. The van der Waals surface area contributed by atoms with Crippen molar-refractivity contribution in [2.45, 2.75) is 19.3 Å². The largest absolute Gasteiger partial charge is 0.501 e. The van der Waals surface area contributed by atoms with Gasteiger partial charge in [-0.25, -0.2) is 4.39 Å². The molecule has 0 saturated carbocycles. The maximum absolute atomic E-state index is 12.8. The molecule has 0 aliphatic carbocycles. The Bertz CT molecular complexity index is 468. The second-order valence-electron chi connectivity index (χ2n) is 3.95. The molecular weight excluding hydrogens is 243 g/mol. The van der Waals surface area contributed by atoms with Gasteiger partial charge in [-0.3, -0.25) is 4.79 Å². The summed E-state index contributed by atoms with van der Waals surface area (Å²) in [5, 5.41) is 0.288. The molecule has 90 valence electrons. The lowest BCUT2D eigenvalue weighted by Gasteiger charge is -2.12. The van der Waals surface area contributed by atoms with Crippen LogP contribution in [0, 0.1) is 5.82 Å². The zero-order chi connectivity index (χ0) is 12.3. The van der Waals surface area contributed by atoms with Crippen molar-refractivity contribution in [3.8, 4) is 0 Å². The third-order valence-corrected chi connectivity index (χ3v) is 3.01. The lowest BCUT2D eigenvalue weighted by Crippen LogP contribution is -2.11. The third kappa shape index (κ3) is 3.07. The van der Waals surface area contributed by atoms with E-state index in [1.165, 1.54) is 18.4 Å². The van der Waals surface area contributed by atoms with Crippen LogP contribution in [0.25, 0.3) is 0 Å². The molecule has 2 rings (SSSR count). The van der Waals surface area contributed by atoms with Gasteiger partial charge in [-0.2, -0.15) is 0 Å². The molecule has 2 nitrogen and oxygen atoms in total. The van der Waals surface area contributed by atoms with Gasteiger partial charge in [0.1, 0.15) is 5.82 Å². The summed E-state index contributed by atoms with van der Waals surface area (Å²) in [4.78, 5) is 11.9. The maximum atomic E-state index is 12.8. The van der Waals surface area contributed by atoms with Gasteiger partial charge in [0.25, 0.3) is 0 Å². The smallest absolute Gasteiger partial charge is 0.166 e. The normalized spacial score (nSPS) is 15.1. The van der Waals surface area contributed by atoms with Crippen LogP contribution in [0.1, 0.15) is 18.4 Å². The molecular formula is C13H12ClFO2. The summed E-state index contributed by atoms with van der Waals surface area (Å²) >= 11 is 5.87. The van der Waals surface area contributed by atoms with Crippen LogP contribution >= 0.6 is 11.6 Å². The van der Waals surface area contributed by atoms with Crippen LogP contribution in [-0.4, -0.2) is 12.4 Å². The van der Waals surface area contributed by atoms with Gasteiger partial charge in [-0.15, -0.1) is 0 Å². The predicted octanol–water partition coefficient (Wildman–Crippen LogP) is 3.29.